The van der Waals surface area contributed by atoms with Crippen molar-refractivity contribution >= 4 is 20.2 Å². The van der Waals surface area contributed by atoms with Gasteiger partial charge in [0.2, 0.25) is 0 Å². The van der Waals surface area contributed by atoms with Crippen molar-refractivity contribution in [1.29, 1.82) is 0 Å². The van der Waals surface area contributed by atoms with Crippen molar-refractivity contribution in [2.75, 3.05) is 7.11 Å². The molecule has 6 rings (SSSR count). The molecule has 3 atom stereocenters. The van der Waals surface area contributed by atoms with Crippen LogP contribution in [0.4, 0.5) is 0 Å². The first kappa shape index (κ1) is 36.2. The topological polar surface area (TPSA) is 9.23 Å². The minimum absolute atomic E-state index is 0.0250. The third-order valence-electron chi connectivity index (χ3n) is 12.0. The molecule has 0 fully saturated rings. The molecule has 0 spiro atoms. The standard InChI is InChI=1S/C48H60OSi/c1-30(14-15-37-20-31(2)18-32(3)21-37)29-48(17-16-38-27-45(49-11)44(28-43(38)48)47(8,9)10)50(12,13)46-36(7)26-41-40(24-35(6)25-42(41)46)39-22-33(4)19-34(5)23-39/h16-28,30,46H,14-15,29H2,1-13H3. The van der Waals surface area contributed by atoms with Crippen LogP contribution in [0.5, 0.6) is 5.75 Å². The number of aryl methyl sites for hydroxylation is 6. The van der Waals surface area contributed by atoms with Gasteiger partial charge in [-0.15, -0.1) is 0 Å². The number of benzene rings is 4. The third kappa shape index (κ3) is 6.50. The predicted octanol–water partition coefficient (Wildman–Crippen LogP) is 13.1. The molecule has 1 nitrogen and oxygen atoms in total. The average molecular weight is 681 g/mol. The fourth-order valence-electron chi connectivity index (χ4n) is 9.84. The van der Waals surface area contributed by atoms with E-state index in [4.69, 9.17) is 4.74 Å². The molecule has 50 heavy (non-hydrogen) atoms. The minimum Gasteiger partial charge on any atom is -0.496 e. The van der Waals surface area contributed by atoms with Gasteiger partial charge in [-0.2, -0.15) is 0 Å². The van der Waals surface area contributed by atoms with Crippen molar-refractivity contribution in [3.05, 3.63) is 134 Å². The predicted molar refractivity (Wildman–Crippen MR) is 220 cm³/mol. The lowest BCUT2D eigenvalue weighted by Crippen LogP contribution is -2.55. The van der Waals surface area contributed by atoms with Gasteiger partial charge < -0.3 is 4.74 Å². The molecule has 4 aromatic rings. The molecule has 0 heterocycles. The van der Waals surface area contributed by atoms with Crippen LogP contribution in [0.1, 0.15) is 114 Å². The highest BCUT2D eigenvalue weighted by molar-refractivity contribution is 6.83. The van der Waals surface area contributed by atoms with Crippen LogP contribution in [0.15, 0.2) is 72.3 Å². The number of methoxy groups -OCH3 is 1. The molecule has 0 saturated carbocycles. The van der Waals surface area contributed by atoms with Crippen molar-refractivity contribution in [2.24, 2.45) is 5.92 Å². The number of ether oxygens (including phenoxy) is 1. The van der Waals surface area contributed by atoms with Crippen molar-refractivity contribution in [1.82, 2.24) is 0 Å². The Hall–Kier alpha value is -3.62. The maximum atomic E-state index is 6.06. The van der Waals surface area contributed by atoms with Gasteiger partial charge in [0, 0.05) is 10.6 Å². The number of hydrogen-bond acceptors (Lipinski definition) is 1. The van der Waals surface area contributed by atoms with Gasteiger partial charge in [0.25, 0.3) is 0 Å². The second-order valence-corrected chi connectivity index (χ2v) is 22.7. The highest BCUT2D eigenvalue weighted by Gasteiger charge is 2.55. The second kappa shape index (κ2) is 13.2. The Morgan fingerprint density at radius 3 is 1.98 bits per heavy atom. The van der Waals surface area contributed by atoms with E-state index in [0.717, 1.165) is 18.6 Å². The Morgan fingerprint density at radius 1 is 0.780 bits per heavy atom. The van der Waals surface area contributed by atoms with Crippen molar-refractivity contribution in [3.8, 4) is 16.9 Å². The monoisotopic (exact) mass is 680 g/mol. The lowest BCUT2D eigenvalue weighted by atomic mass is 9.81. The summed E-state index contributed by atoms with van der Waals surface area (Å²) in [5.41, 5.74) is 20.0. The molecule has 262 valence electrons. The minimum atomic E-state index is -2.22. The van der Waals surface area contributed by atoms with E-state index in [9.17, 15) is 0 Å². The van der Waals surface area contributed by atoms with Crippen molar-refractivity contribution in [3.63, 3.8) is 0 Å². The van der Waals surface area contributed by atoms with Gasteiger partial charge in [0.05, 0.1) is 15.2 Å². The smallest absolute Gasteiger partial charge is 0.123 e. The Morgan fingerprint density at radius 2 is 1.38 bits per heavy atom. The molecule has 4 aromatic carbocycles. The van der Waals surface area contributed by atoms with Crippen molar-refractivity contribution < 1.29 is 4.74 Å². The molecule has 0 aromatic heterocycles. The zero-order valence-electron chi connectivity index (χ0n) is 33.2. The Kier molecular flexibility index (Phi) is 9.53. The lowest BCUT2D eigenvalue weighted by molar-refractivity contribution is 0.396. The first-order chi connectivity index (χ1) is 23.4. The van der Waals surface area contributed by atoms with Gasteiger partial charge in [-0.25, -0.2) is 0 Å². The van der Waals surface area contributed by atoms with Crippen LogP contribution >= 0.6 is 0 Å². The fourth-order valence-corrected chi connectivity index (χ4v) is 14.9. The summed E-state index contributed by atoms with van der Waals surface area (Å²) in [5, 5.41) is -0.0260. The fraction of sp³-hybridized carbons (Fsp3) is 0.417. The molecule has 0 saturated heterocycles. The van der Waals surface area contributed by atoms with Crippen LogP contribution in [0, 0.1) is 40.5 Å². The Bertz CT molecular complexity index is 1970. The summed E-state index contributed by atoms with van der Waals surface area (Å²) in [5.74, 6) is 1.57. The van der Waals surface area contributed by atoms with Crippen LogP contribution in [-0.4, -0.2) is 15.2 Å². The number of rotatable bonds is 9. The highest BCUT2D eigenvalue weighted by atomic mass is 28.3. The van der Waals surface area contributed by atoms with Gasteiger partial charge >= 0.3 is 0 Å². The molecule has 0 amide bonds. The summed E-state index contributed by atoms with van der Waals surface area (Å²) in [7, 11) is -0.387. The first-order valence-electron chi connectivity index (χ1n) is 18.8. The third-order valence-corrected chi connectivity index (χ3v) is 17.1. The van der Waals surface area contributed by atoms with E-state index in [1.807, 2.05) is 7.11 Å². The average Bonchev–Trinajstić information content (AvgIpc) is 3.55. The van der Waals surface area contributed by atoms with E-state index in [-0.39, 0.29) is 10.5 Å². The molecule has 0 radical (unpaired) electrons. The summed E-state index contributed by atoms with van der Waals surface area (Å²) < 4.78 is 6.06. The number of allylic oxidation sites excluding steroid dienone is 2. The van der Waals surface area contributed by atoms with Gasteiger partial charge in [-0.1, -0.05) is 147 Å². The quantitative estimate of drug-likeness (QED) is 0.160. The van der Waals surface area contributed by atoms with Crippen LogP contribution in [0.25, 0.3) is 23.3 Å². The summed E-state index contributed by atoms with van der Waals surface area (Å²) in [6.45, 7) is 28.5. The molecule has 0 aliphatic heterocycles. The molecular weight excluding hydrogens is 621 g/mol. The van der Waals surface area contributed by atoms with E-state index in [1.54, 1.807) is 5.56 Å². The van der Waals surface area contributed by atoms with E-state index in [1.165, 1.54) is 78.8 Å². The molecule has 3 unspecified atom stereocenters. The Balaban J connectivity index is 1.50. The number of hydrogen-bond donors (Lipinski definition) is 0. The van der Waals surface area contributed by atoms with E-state index in [2.05, 4.69) is 161 Å². The van der Waals surface area contributed by atoms with Crippen LogP contribution in [0.3, 0.4) is 0 Å². The molecule has 2 aliphatic rings. The second-order valence-electron chi connectivity index (χ2n) is 17.8. The van der Waals surface area contributed by atoms with Gasteiger partial charge in [-0.3, -0.25) is 0 Å². The summed E-state index contributed by atoms with van der Waals surface area (Å²) >= 11 is 0. The zero-order chi connectivity index (χ0) is 36.3. The molecule has 2 heteroatoms. The highest BCUT2D eigenvalue weighted by Crippen LogP contribution is 2.57. The normalized spacial score (nSPS) is 19.0. The largest absolute Gasteiger partial charge is 0.496 e. The summed E-state index contributed by atoms with van der Waals surface area (Å²) in [6.07, 6.45) is 11.1. The van der Waals surface area contributed by atoms with E-state index in [0.29, 0.717) is 11.5 Å². The first-order valence-corrected chi connectivity index (χ1v) is 21.9. The van der Waals surface area contributed by atoms with Crippen LogP contribution in [-0.2, 0) is 16.9 Å². The molecular formula is C48H60OSi. The SMILES string of the molecule is COc1cc2c(cc1C(C)(C)C)C(CC(C)CCc1cc(C)cc(C)c1)([Si](C)(C)C1C(C)=Cc3c(-c4cc(C)cc(C)c4)cc(C)cc31)C=C2. The zero-order valence-corrected chi connectivity index (χ0v) is 34.2. The van der Waals surface area contributed by atoms with Gasteiger partial charge in [-0.05, 0) is 123 Å². The van der Waals surface area contributed by atoms with Crippen molar-refractivity contribution in [2.45, 2.75) is 118 Å². The van der Waals surface area contributed by atoms with Gasteiger partial charge in [0.1, 0.15) is 5.75 Å². The number of fused-ring (bicyclic) bond motifs is 2. The molecule has 2 aliphatic carbocycles. The van der Waals surface area contributed by atoms with Gasteiger partial charge in [0.15, 0.2) is 0 Å². The van der Waals surface area contributed by atoms with Crippen LogP contribution < -0.4 is 4.74 Å². The maximum Gasteiger partial charge on any atom is 0.123 e. The summed E-state index contributed by atoms with van der Waals surface area (Å²) in [6, 6.07) is 24.0. The lowest BCUT2D eigenvalue weighted by Gasteiger charge is -2.49. The molecule has 0 bridgehead atoms. The van der Waals surface area contributed by atoms with E-state index < -0.39 is 8.07 Å². The molecule has 0 N–H and O–H groups in total. The Labute approximate surface area is 304 Å². The van der Waals surface area contributed by atoms with Crippen LogP contribution in [0.2, 0.25) is 13.1 Å². The maximum absolute atomic E-state index is 6.06. The summed E-state index contributed by atoms with van der Waals surface area (Å²) in [4.78, 5) is 0. The van der Waals surface area contributed by atoms with E-state index >= 15 is 0 Å².